The topological polar surface area (TPSA) is 47.4 Å². The summed E-state index contributed by atoms with van der Waals surface area (Å²) < 4.78 is 20.8. The Morgan fingerprint density at radius 1 is 1.39 bits per heavy atom. The zero-order chi connectivity index (χ0) is 20.1. The summed E-state index contributed by atoms with van der Waals surface area (Å²) in [6, 6.07) is 7.51. The molecule has 6 heteroatoms. The van der Waals surface area contributed by atoms with Crippen molar-refractivity contribution in [3.8, 4) is 5.88 Å². The predicted octanol–water partition coefficient (Wildman–Crippen LogP) is 4.31. The fourth-order valence-corrected chi connectivity index (χ4v) is 3.24. The number of allylic oxidation sites excluding steroid dienone is 3. The number of fused-ring (bicyclic) bond motifs is 1. The van der Waals surface area contributed by atoms with Crippen LogP contribution in [0.5, 0.6) is 5.88 Å². The number of benzene rings is 1. The Morgan fingerprint density at radius 3 is 2.82 bits per heavy atom. The Balaban J connectivity index is 1.72. The van der Waals surface area contributed by atoms with Gasteiger partial charge in [-0.25, -0.2) is 4.39 Å². The van der Waals surface area contributed by atoms with Crippen LogP contribution in [0.3, 0.4) is 0 Å². The van der Waals surface area contributed by atoms with Crippen LogP contribution in [0.2, 0.25) is 0 Å². The van der Waals surface area contributed by atoms with Crippen molar-refractivity contribution >= 4 is 5.91 Å². The highest BCUT2D eigenvalue weighted by Gasteiger charge is 2.28. The normalized spacial score (nSPS) is 16.9. The van der Waals surface area contributed by atoms with Gasteiger partial charge in [0.05, 0.1) is 18.3 Å². The Kier molecular flexibility index (Phi) is 6.09. The molecule has 1 unspecified atom stereocenters. The Morgan fingerprint density at radius 2 is 2.14 bits per heavy atom. The number of nitrogens with zero attached hydrogens (tertiary/aromatic N) is 3. The summed E-state index contributed by atoms with van der Waals surface area (Å²) in [5.74, 6) is 0.0506. The van der Waals surface area contributed by atoms with Gasteiger partial charge in [0, 0.05) is 18.2 Å². The number of amides is 1. The second-order valence-corrected chi connectivity index (χ2v) is 6.73. The molecule has 0 N–H and O–H groups in total. The Bertz CT molecular complexity index is 912. The van der Waals surface area contributed by atoms with E-state index in [4.69, 9.17) is 4.74 Å². The van der Waals surface area contributed by atoms with Gasteiger partial charge in [-0.1, -0.05) is 30.9 Å². The van der Waals surface area contributed by atoms with E-state index in [2.05, 4.69) is 11.7 Å². The zero-order valence-corrected chi connectivity index (χ0v) is 16.1. The summed E-state index contributed by atoms with van der Waals surface area (Å²) >= 11 is 0. The summed E-state index contributed by atoms with van der Waals surface area (Å²) in [7, 11) is 0. The minimum Gasteiger partial charge on any atom is -0.472 e. The van der Waals surface area contributed by atoms with Crippen LogP contribution in [0, 0.1) is 5.82 Å². The van der Waals surface area contributed by atoms with Crippen molar-refractivity contribution in [2.75, 3.05) is 13.2 Å². The van der Waals surface area contributed by atoms with Crippen molar-refractivity contribution in [3.05, 3.63) is 83.9 Å². The molecule has 2 aromatic rings. The number of hydrogen-bond acceptors (Lipinski definition) is 3. The van der Waals surface area contributed by atoms with E-state index < -0.39 is 0 Å². The molecular formula is C22H24FN3O2. The molecule has 1 aromatic carbocycles. The molecule has 1 amide bonds. The first-order chi connectivity index (χ1) is 13.5. The number of aromatic nitrogens is 2. The molecule has 28 heavy (non-hydrogen) atoms. The quantitative estimate of drug-likeness (QED) is 0.701. The van der Waals surface area contributed by atoms with Crippen LogP contribution in [-0.2, 0) is 6.54 Å². The summed E-state index contributed by atoms with van der Waals surface area (Å²) in [6.07, 6.45) is 7.51. The number of carbonyl (C=O) groups excluding carboxylic acids is 1. The smallest absolute Gasteiger partial charge is 0.254 e. The lowest BCUT2D eigenvalue weighted by molar-refractivity contribution is 0.0677. The number of hydrogen-bond donors (Lipinski definition) is 0. The fourth-order valence-electron chi connectivity index (χ4n) is 3.24. The van der Waals surface area contributed by atoms with E-state index >= 15 is 0 Å². The summed E-state index contributed by atoms with van der Waals surface area (Å²) in [6.45, 7) is 9.02. The van der Waals surface area contributed by atoms with Gasteiger partial charge in [-0.05, 0) is 43.7 Å². The van der Waals surface area contributed by atoms with Gasteiger partial charge in [0.15, 0.2) is 0 Å². The molecule has 3 rings (SSSR count). The maximum absolute atomic E-state index is 13.1. The first-order valence-corrected chi connectivity index (χ1v) is 9.22. The SMILES string of the molecule is C=C/C=C(\C=C/C)COc1cc2n(n1)C(C)CN(C(=O)c1ccc(F)cc1)C2. The highest BCUT2D eigenvalue weighted by molar-refractivity contribution is 5.94. The molecule has 0 bridgehead atoms. The monoisotopic (exact) mass is 381 g/mol. The van der Waals surface area contributed by atoms with Gasteiger partial charge >= 0.3 is 0 Å². The van der Waals surface area contributed by atoms with Crippen LogP contribution in [0.15, 0.2) is 66.8 Å². The first kappa shape index (κ1) is 19.6. The van der Waals surface area contributed by atoms with E-state index in [0.29, 0.717) is 31.1 Å². The van der Waals surface area contributed by atoms with Gasteiger partial charge in [0.25, 0.3) is 5.91 Å². The maximum Gasteiger partial charge on any atom is 0.254 e. The van der Waals surface area contributed by atoms with Crippen molar-refractivity contribution in [1.29, 1.82) is 0 Å². The van der Waals surface area contributed by atoms with E-state index in [1.54, 1.807) is 11.0 Å². The molecule has 5 nitrogen and oxygen atoms in total. The molecule has 0 radical (unpaired) electrons. The molecule has 0 aliphatic carbocycles. The van der Waals surface area contributed by atoms with E-state index in [1.165, 1.54) is 24.3 Å². The molecule has 1 atom stereocenters. The summed E-state index contributed by atoms with van der Waals surface area (Å²) in [4.78, 5) is 14.5. The van der Waals surface area contributed by atoms with E-state index in [1.807, 2.05) is 42.8 Å². The highest BCUT2D eigenvalue weighted by atomic mass is 19.1. The molecule has 0 spiro atoms. The molecule has 0 fully saturated rings. The van der Waals surface area contributed by atoms with Crippen LogP contribution in [-0.4, -0.2) is 33.7 Å². The van der Waals surface area contributed by atoms with Crippen LogP contribution in [0.25, 0.3) is 0 Å². The zero-order valence-electron chi connectivity index (χ0n) is 16.1. The number of halogens is 1. The lowest BCUT2D eigenvalue weighted by Crippen LogP contribution is -2.40. The van der Waals surface area contributed by atoms with Crippen LogP contribution >= 0.6 is 0 Å². The Labute approximate surface area is 164 Å². The van der Waals surface area contributed by atoms with Crippen LogP contribution in [0.4, 0.5) is 4.39 Å². The molecule has 1 aromatic heterocycles. The summed E-state index contributed by atoms with van der Waals surface area (Å²) in [5.41, 5.74) is 2.37. The van der Waals surface area contributed by atoms with Gasteiger partial charge in [0.2, 0.25) is 5.88 Å². The van der Waals surface area contributed by atoms with Crippen LogP contribution in [0.1, 0.15) is 35.9 Å². The Hall–Kier alpha value is -3.15. The molecule has 1 aliphatic heterocycles. The van der Waals surface area contributed by atoms with Gasteiger partial charge in [-0.15, -0.1) is 5.10 Å². The highest BCUT2D eigenvalue weighted by Crippen LogP contribution is 2.25. The minimum absolute atomic E-state index is 0.0178. The lowest BCUT2D eigenvalue weighted by Gasteiger charge is -2.32. The second kappa shape index (κ2) is 8.69. The van der Waals surface area contributed by atoms with Gasteiger partial charge in [-0.2, -0.15) is 0 Å². The molecular weight excluding hydrogens is 357 g/mol. The van der Waals surface area contributed by atoms with Crippen LogP contribution < -0.4 is 4.74 Å². The van der Waals surface area contributed by atoms with Crippen molar-refractivity contribution in [3.63, 3.8) is 0 Å². The third kappa shape index (κ3) is 4.39. The van der Waals surface area contributed by atoms with Crippen molar-refractivity contribution in [1.82, 2.24) is 14.7 Å². The molecule has 146 valence electrons. The van der Waals surface area contributed by atoms with Gasteiger partial charge < -0.3 is 9.64 Å². The average Bonchev–Trinajstić information content (AvgIpc) is 3.10. The lowest BCUT2D eigenvalue weighted by atomic mass is 10.1. The van der Waals surface area contributed by atoms with Crippen molar-refractivity contribution in [2.24, 2.45) is 0 Å². The number of rotatable bonds is 6. The van der Waals surface area contributed by atoms with E-state index in [-0.39, 0.29) is 17.8 Å². The first-order valence-electron chi connectivity index (χ1n) is 9.22. The maximum atomic E-state index is 13.1. The third-order valence-electron chi connectivity index (χ3n) is 4.52. The minimum atomic E-state index is -0.355. The molecule has 2 heterocycles. The average molecular weight is 381 g/mol. The second-order valence-electron chi connectivity index (χ2n) is 6.73. The number of carbonyl (C=O) groups is 1. The predicted molar refractivity (Wildman–Crippen MR) is 107 cm³/mol. The van der Waals surface area contributed by atoms with E-state index in [0.717, 1.165) is 11.3 Å². The molecule has 1 aliphatic rings. The van der Waals surface area contributed by atoms with E-state index in [9.17, 15) is 9.18 Å². The van der Waals surface area contributed by atoms with Gasteiger partial charge in [-0.3, -0.25) is 9.48 Å². The number of ether oxygens (including phenoxy) is 1. The van der Waals surface area contributed by atoms with Crippen molar-refractivity contribution < 1.29 is 13.9 Å². The molecule has 0 saturated carbocycles. The fraction of sp³-hybridized carbons (Fsp3) is 0.273. The van der Waals surface area contributed by atoms with Gasteiger partial charge in [0.1, 0.15) is 12.4 Å². The standard InChI is InChI=1S/C22H24FN3O2/c1-4-6-17(7-5-2)15-28-21-12-20-14-25(13-16(3)26(20)24-21)22(27)18-8-10-19(23)11-9-18/h4-12,16H,1,13-15H2,2-3H3/b7-5-,17-6+. The third-order valence-corrected chi connectivity index (χ3v) is 4.52. The largest absolute Gasteiger partial charge is 0.472 e. The molecule has 0 saturated heterocycles. The van der Waals surface area contributed by atoms with Crippen molar-refractivity contribution in [2.45, 2.75) is 26.4 Å². The summed E-state index contributed by atoms with van der Waals surface area (Å²) in [5, 5.41) is 4.53.